The molecule has 7 nitrogen and oxygen atoms in total. The number of thiophene rings is 1. The third-order valence-electron chi connectivity index (χ3n) is 5.28. The highest BCUT2D eigenvalue weighted by atomic mass is 32.2. The molecule has 0 fully saturated rings. The summed E-state index contributed by atoms with van der Waals surface area (Å²) in [5.41, 5.74) is 1.88. The summed E-state index contributed by atoms with van der Waals surface area (Å²) in [4.78, 5) is 43.7. The molecule has 9 heteroatoms. The smallest absolute Gasteiger partial charge is 0.341 e. The van der Waals surface area contributed by atoms with Crippen molar-refractivity contribution in [1.82, 2.24) is 9.55 Å². The van der Waals surface area contributed by atoms with E-state index in [1.54, 1.807) is 24.3 Å². The Morgan fingerprint density at radius 2 is 2.09 bits per heavy atom. The minimum Gasteiger partial charge on any atom is -0.465 e. The van der Waals surface area contributed by atoms with E-state index in [0.717, 1.165) is 36.1 Å². The van der Waals surface area contributed by atoms with Gasteiger partial charge in [-0.05, 0) is 43.4 Å². The Kier molecular flexibility index (Phi) is 6.76. The van der Waals surface area contributed by atoms with Gasteiger partial charge in [-0.15, -0.1) is 17.9 Å². The number of carbonyl (C=O) groups is 2. The number of carbonyl (C=O) groups excluding carboxylic acids is 2. The predicted molar refractivity (Wildman–Crippen MR) is 128 cm³/mol. The maximum Gasteiger partial charge on any atom is 0.341 e. The molecule has 0 atom stereocenters. The standard InChI is InChI=1S/C23H23N3O4S2/c1-3-12-26-21(28)14-8-4-6-10-16(14)24-23(26)31-13-18(27)25-20-19(22(29)30-2)15-9-5-7-11-17(15)32-20/h3-4,6,8,10H,1,5,7,9,11-13H2,2H3,(H,25,27). The fraction of sp³-hybridized carbons (Fsp3) is 0.304. The molecule has 0 aliphatic heterocycles. The number of ether oxygens (including phenoxy) is 1. The molecule has 1 aliphatic carbocycles. The van der Waals surface area contributed by atoms with Crippen molar-refractivity contribution in [2.24, 2.45) is 0 Å². The SMILES string of the molecule is C=CCn1c(SCC(=O)Nc2sc3c(c2C(=O)OC)CCCC3)nc2ccccc2c1=O. The number of nitrogens with zero attached hydrogens (tertiary/aromatic N) is 2. The van der Waals surface area contributed by atoms with Gasteiger partial charge in [-0.2, -0.15) is 0 Å². The van der Waals surface area contributed by atoms with Crippen molar-refractivity contribution in [2.45, 2.75) is 37.4 Å². The zero-order valence-corrected chi connectivity index (χ0v) is 19.3. The molecule has 1 aliphatic rings. The number of aryl methyl sites for hydroxylation is 1. The second kappa shape index (κ2) is 9.70. The Morgan fingerprint density at radius 3 is 2.88 bits per heavy atom. The summed E-state index contributed by atoms with van der Waals surface area (Å²) in [7, 11) is 1.35. The molecule has 1 amide bonds. The Bertz CT molecular complexity index is 1260. The van der Waals surface area contributed by atoms with Gasteiger partial charge in [0.05, 0.1) is 29.3 Å². The van der Waals surface area contributed by atoms with Crippen molar-refractivity contribution in [3.63, 3.8) is 0 Å². The van der Waals surface area contributed by atoms with Gasteiger partial charge in [0.25, 0.3) is 5.56 Å². The lowest BCUT2D eigenvalue weighted by atomic mass is 9.95. The minimum atomic E-state index is -0.427. The van der Waals surface area contributed by atoms with Gasteiger partial charge in [-0.25, -0.2) is 9.78 Å². The number of methoxy groups -OCH3 is 1. The van der Waals surface area contributed by atoms with Crippen molar-refractivity contribution in [2.75, 3.05) is 18.2 Å². The number of fused-ring (bicyclic) bond motifs is 2. The van der Waals surface area contributed by atoms with Gasteiger partial charge in [0.2, 0.25) is 5.91 Å². The van der Waals surface area contributed by atoms with Gasteiger partial charge in [0.1, 0.15) is 5.00 Å². The molecule has 2 aromatic heterocycles. The first-order valence-electron chi connectivity index (χ1n) is 10.3. The van der Waals surface area contributed by atoms with E-state index in [2.05, 4.69) is 16.9 Å². The lowest BCUT2D eigenvalue weighted by molar-refractivity contribution is -0.113. The molecule has 0 unspecified atom stereocenters. The van der Waals surface area contributed by atoms with Crippen molar-refractivity contribution in [3.05, 3.63) is 63.3 Å². The zero-order chi connectivity index (χ0) is 22.7. The summed E-state index contributed by atoms with van der Waals surface area (Å²) in [6, 6.07) is 7.13. The van der Waals surface area contributed by atoms with E-state index in [1.807, 2.05) is 6.07 Å². The Hall–Kier alpha value is -2.91. The minimum absolute atomic E-state index is 0.0467. The van der Waals surface area contributed by atoms with Crippen LogP contribution in [-0.4, -0.2) is 34.3 Å². The molecule has 3 aromatic rings. The summed E-state index contributed by atoms with van der Waals surface area (Å²) in [5.74, 6) is -0.653. The first kappa shape index (κ1) is 22.3. The molecule has 0 bridgehead atoms. The Morgan fingerprint density at radius 1 is 1.31 bits per heavy atom. The number of thioether (sulfide) groups is 1. The van der Waals surface area contributed by atoms with E-state index in [9.17, 15) is 14.4 Å². The quantitative estimate of drug-likeness (QED) is 0.243. The van der Waals surface area contributed by atoms with E-state index in [4.69, 9.17) is 4.74 Å². The molecule has 166 valence electrons. The van der Waals surface area contributed by atoms with Crippen LogP contribution in [0.5, 0.6) is 0 Å². The van der Waals surface area contributed by atoms with E-state index in [0.29, 0.717) is 33.2 Å². The number of aromatic nitrogens is 2. The summed E-state index contributed by atoms with van der Waals surface area (Å²) >= 11 is 2.62. The average Bonchev–Trinajstić information content (AvgIpc) is 3.17. The van der Waals surface area contributed by atoms with E-state index < -0.39 is 5.97 Å². The lowest BCUT2D eigenvalue weighted by Gasteiger charge is -2.12. The van der Waals surface area contributed by atoms with Crippen LogP contribution in [0.4, 0.5) is 5.00 Å². The highest BCUT2D eigenvalue weighted by Gasteiger charge is 2.27. The molecule has 0 saturated carbocycles. The van der Waals surface area contributed by atoms with Gasteiger partial charge in [-0.1, -0.05) is 30.0 Å². The van der Waals surface area contributed by atoms with Gasteiger partial charge >= 0.3 is 5.97 Å². The Balaban J connectivity index is 1.56. The summed E-state index contributed by atoms with van der Waals surface area (Å²) in [6.45, 7) is 4.01. The largest absolute Gasteiger partial charge is 0.465 e. The number of hydrogen-bond acceptors (Lipinski definition) is 7. The molecule has 0 radical (unpaired) electrons. The number of benzene rings is 1. The topological polar surface area (TPSA) is 90.3 Å². The van der Waals surface area contributed by atoms with Crippen LogP contribution in [0.3, 0.4) is 0 Å². The van der Waals surface area contributed by atoms with Crippen molar-refractivity contribution < 1.29 is 14.3 Å². The van der Waals surface area contributed by atoms with Gasteiger partial charge < -0.3 is 10.1 Å². The highest BCUT2D eigenvalue weighted by Crippen LogP contribution is 2.38. The van der Waals surface area contributed by atoms with E-state index in [-0.39, 0.29) is 17.2 Å². The number of allylic oxidation sites excluding steroid dienone is 1. The number of nitrogens with one attached hydrogen (secondary N) is 1. The van der Waals surface area contributed by atoms with E-state index >= 15 is 0 Å². The summed E-state index contributed by atoms with van der Waals surface area (Å²) < 4.78 is 6.47. The maximum absolute atomic E-state index is 12.9. The van der Waals surface area contributed by atoms with Crippen molar-refractivity contribution in [3.8, 4) is 0 Å². The molecular formula is C23H23N3O4S2. The first-order valence-corrected chi connectivity index (χ1v) is 12.1. The number of anilines is 1. The molecule has 32 heavy (non-hydrogen) atoms. The van der Waals surface area contributed by atoms with Crippen LogP contribution in [0.25, 0.3) is 10.9 Å². The van der Waals surface area contributed by atoms with Gasteiger partial charge in [-0.3, -0.25) is 14.2 Å². The summed E-state index contributed by atoms with van der Waals surface area (Å²) in [5, 5.41) is 4.38. The molecule has 4 rings (SSSR count). The second-order valence-corrected chi connectivity index (χ2v) is 9.41. The van der Waals surface area contributed by atoms with E-state index in [1.165, 1.54) is 34.8 Å². The molecule has 0 saturated heterocycles. The van der Waals surface area contributed by atoms with Crippen LogP contribution < -0.4 is 10.9 Å². The van der Waals surface area contributed by atoms with Crippen LogP contribution in [0.1, 0.15) is 33.6 Å². The zero-order valence-electron chi connectivity index (χ0n) is 17.7. The van der Waals surface area contributed by atoms with Crippen LogP contribution >= 0.6 is 23.1 Å². The van der Waals surface area contributed by atoms with Crippen LogP contribution in [0.2, 0.25) is 0 Å². The molecule has 1 aromatic carbocycles. The number of para-hydroxylation sites is 1. The van der Waals surface area contributed by atoms with Crippen molar-refractivity contribution in [1.29, 1.82) is 0 Å². The maximum atomic E-state index is 12.9. The first-order chi connectivity index (χ1) is 15.5. The number of hydrogen-bond donors (Lipinski definition) is 1. The predicted octanol–water partition coefficient (Wildman–Crippen LogP) is 4.04. The number of rotatable bonds is 7. The Labute approximate surface area is 193 Å². The fourth-order valence-corrected chi connectivity index (χ4v) is 5.91. The normalized spacial score (nSPS) is 12.9. The van der Waals surface area contributed by atoms with Crippen LogP contribution in [0, 0.1) is 0 Å². The molecule has 2 heterocycles. The monoisotopic (exact) mass is 469 g/mol. The van der Waals surface area contributed by atoms with Crippen LogP contribution in [-0.2, 0) is 28.9 Å². The number of amides is 1. The van der Waals surface area contributed by atoms with Crippen molar-refractivity contribution >= 4 is 50.9 Å². The highest BCUT2D eigenvalue weighted by molar-refractivity contribution is 7.99. The fourth-order valence-electron chi connectivity index (χ4n) is 3.81. The molecule has 0 spiro atoms. The third-order valence-corrected chi connectivity index (χ3v) is 7.47. The average molecular weight is 470 g/mol. The third kappa shape index (κ3) is 4.35. The molecule has 1 N–H and O–H groups in total. The van der Waals surface area contributed by atoms with Crippen LogP contribution in [0.15, 0.2) is 46.9 Å². The second-order valence-electron chi connectivity index (χ2n) is 7.36. The van der Waals surface area contributed by atoms with Gasteiger partial charge in [0, 0.05) is 11.4 Å². The van der Waals surface area contributed by atoms with Gasteiger partial charge in [0.15, 0.2) is 5.16 Å². The molecular weight excluding hydrogens is 446 g/mol. The lowest BCUT2D eigenvalue weighted by Crippen LogP contribution is -2.24. The summed E-state index contributed by atoms with van der Waals surface area (Å²) in [6.07, 6.45) is 5.44. The number of esters is 1.